The number of nitrogens with one attached hydrogen (secondary N) is 1. The molecule has 138 valence electrons. The van der Waals surface area contributed by atoms with Gasteiger partial charge in [0.25, 0.3) is 5.56 Å². The Morgan fingerprint density at radius 2 is 1.96 bits per heavy atom. The van der Waals surface area contributed by atoms with Gasteiger partial charge in [-0.25, -0.2) is 23.4 Å². The highest BCUT2D eigenvalue weighted by Crippen LogP contribution is 2.42. The molecule has 0 saturated heterocycles. The van der Waals surface area contributed by atoms with Gasteiger partial charge in [0, 0.05) is 0 Å². The number of halogens is 3. The maximum Gasteiger partial charge on any atom is 0.275 e. The molecule has 0 unspecified atom stereocenters. The lowest BCUT2D eigenvalue weighted by Gasteiger charge is -2.10. The lowest BCUT2D eigenvalue weighted by molar-refractivity contribution is -0.117. The number of hydrogen-bond donors (Lipinski definition) is 1. The largest absolute Gasteiger partial charge is 0.293 e. The van der Waals surface area contributed by atoms with Crippen LogP contribution in [0.25, 0.3) is 10.8 Å². The van der Waals surface area contributed by atoms with Crippen molar-refractivity contribution >= 4 is 38.6 Å². The van der Waals surface area contributed by atoms with Crippen molar-refractivity contribution in [3.8, 4) is 0 Å². The second-order valence-electron chi connectivity index (χ2n) is 6.19. The number of fused-ring (bicyclic) bond motifs is 1. The summed E-state index contributed by atoms with van der Waals surface area (Å²) in [5, 5.41) is 6.58. The molecule has 0 bridgehead atoms. The maximum absolute atomic E-state index is 14.8. The van der Waals surface area contributed by atoms with Crippen molar-refractivity contribution in [1.82, 2.24) is 19.7 Å². The van der Waals surface area contributed by atoms with Crippen LogP contribution in [0.5, 0.6) is 0 Å². The number of nitrogens with zero attached hydrogens (tertiary/aromatic N) is 4. The average Bonchev–Trinajstić information content (AvgIpc) is 3.46. The van der Waals surface area contributed by atoms with E-state index in [-0.39, 0.29) is 27.2 Å². The zero-order chi connectivity index (χ0) is 19.1. The summed E-state index contributed by atoms with van der Waals surface area (Å²) in [7, 11) is 0. The van der Waals surface area contributed by atoms with Gasteiger partial charge in [0.1, 0.15) is 17.0 Å². The first-order chi connectivity index (χ1) is 12.9. The number of rotatable bonds is 4. The molecule has 27 heavy (non-hydrogen) atoms. The van der Waals surface area contributed by atoms with Gasteiger partial charge in [-0.15, -0.1) is 0 Å². The lowest BCUT2D eigenvalue weighted by atomic mass is 10.1. The summed E-state index contributed by atoms with van der Waals surface area (Å²) in [6, 6.07) is 3.16. The van der Waals surface area contributed by atoms with E-state index in [0.717, 1.165) is 29.9 Å². The van der Waals surface area contributed by atoms with E-state index >= 15 is 0 Å². The highest BCUT2D eigenvalue weighted by atomic mass is 79.9. The monoisotopic (exact) mass is 435 g/mol. The number of anilines is 1. The van der Waals surface area contributed by atoms with E-state index in [9.17, 15) is 18.4 Å². The summed E-state index contributed by atoms with van der Waals surface area (Å²) in [6.45, 7) is -0.430. The molecule has 0 radical (unpaired) electrons. The third-order valence-corrected chi connectivity index (χ3v) is 4.79. The van der Waals surface area contributed by atoms with Gasteiger partial charge in [-0.1, -0.05) is 6.07 Å². The second-order valence-corrected chi connectivity index (χ2v) is 6.94. The van der Waals surface area contributed by atoms with Crippen LogP contribution in [0.4, 0.5) is 14.7 Å². The first kappa shape index (κ1) is 17.7. The van der Waals surface area contributed by atoms with Crippen LogP contribution in [0.3, 0.4) is 0 Å². The van der Waals surface area contributed by atoms with Gasteiger partial charge in [-0.2, -0.15) is 5.10 Å². The van der Waals surface area contributed by atoms with Crippen LogP contribution >= 0.6 is 15.9 Å². The van der Waals surface area contributed by atoms with Crippen molar-refractivity contribution in [1.29, 1.82) is 0 Å². The molecular weight excluding hydrogens is 424 g/mol. The molecule has 1 saturated carbocycles. The minimum atomic E-state index is -0.642. The van der Waals surface area contributed by atoms with Crippen molar-refractivity contribution in [2.45, 2.75) is 25.3 Å². The van der Waals surface area contributed by atoms with Crippen LogP contribution < -0.4 is 10.9 Å². The summed E-state index contributed by atoms with van der Waals surface area (Å²) in [6.07, 6.45) is 3.66. The molecule has 1 aliphatic carbocycles. The van der Waals surface area contributed by atoms with Gasteiger partial charge in [0.05, 0.1) is 23.2 Å². The molecule has 0 aliphatic heterocycles. The smallest absolute Gasteiger partial charge is 0.275 e. The summed E-state index contributed by atoms with van der Waals surface area (Å²) < 4.78 is 28.6. The van der Waals surface area contributed by atoms with Crippen LogP contribution in [-0.2, 0) is 11.3 Å². The van der Waals surface area contributed by atoms with Crippen molar-refractivity contribution < 1.29 is 13.6 Å². The van der Waals surface area contributed by atoms with Crippen molar-refractivity contribution in [3.05, 3.63) is 56.7 Å². The van der Waals surface area contributed by atoms with Gasteiger partial charge < -0.3 is 0 Å². The fourth-order valence-electron chi connectivity index (χ4n) is 2.81. The average molecular weight is 436 g/mol. The van der Waals surface area contributed by atoms with Crippen LogP contribution in [0.15, 0.2) is 33.9 Å². The van der Waals surface area contributed by atoms with Gasteiger partial charge >= 0.3 is 0 Å². The normalized spacial score (nSPS) is 13.7. The SMILES string of the molecule is O=C(Cn1nc(Br)c2c(F)c(C3CC3)ccc2c1=O)Nc1ncc(F)cn1. The lowest BCUT2D eigenvalue weighted by Crippen LogP contribution is -2.30. The van der Waals surface area contributed by atoms with E-state index in [2.05, 4.69) is 36.3 Å². The molecule has 3 aromatic rings. The molecule has 10 heteroatoms. The zero-order valence-electron chi connectivity index (χ0n) is 13.7. The van der Waals surface area contributed by atoms with Crippen molar-refractivity contribution in [3.63, 3.8) is 0 Å². The first-order valence-corrected chi connectivity index (χ1v) is 8.89. The quantitative estimate of drug-likeness (QED) is 0.680. The standard InChI is InChI=1S/C17H12BrF2N5O2/c18-15-13-11(4-3-10(14(13)20)8-1-2-8)16(27)25(24-15)7-12(26)23-17-21-5-9(19)6-22-17/h3-6,8H,1-2,7H2,(H,21,22,23,26). The fraction of sp³-hybridized carbons (Fsp3) is 0.235. The molecule has 1 N–H and O–H groups in total. The Hall–Kier alpha value is -2.75. The number of benzene rings is 1. The number of amides is 1. The van der Waals surface area contributed by atoms with E-state index in [1.165, 1.54) is 0 Å². The van der Waals surface area contributed by atoms with Gasteiger partial charge in [0.2, 0.25) is 11.9 Å². The van der Waals surface area contributed by atoms with E-state index < -0.39 is 29.6 Å². The van der Waals surface area contributed by atoms with E-state index in [1.807, 2.05) is 0 Å². The Balaban J connectivity index is 1.65. The minimum absolute atomic E-state index is 0.102. The van der Waals surface area contributed by atoms with Crippen molar-refractivity contribution in [2.75, 3.05) is 5.32 Å². The fourth-order valence-corrected chi connectivity index (χ4v) is 3.39. The minimum Gasteiger partial charge on any atom is -0.293 e. The van der Waals surface area contributed by atoms with Gasteiger partial charge in [-0.05, 0) is 46.3 Å². The molecule has 1 aromatic carbocycles. The first-order valence-electron chi connectivity index (χ1n) is 8.10. The summed E-state index contributed by atoms with van der Waals surface area (Å²) in [5.41, 5.74) is -0.0158. The Morgan fingerprint density at radius 3 is 2.63 bits per heavy atom. The third-order valence-electron chi connectivity index (χ3n) is 4.23. The Labute approximate surface area is 159 Å². The summed E-state index contributed by atoms with van der Waals surface area (Å²) in [4.78, 5) is 31.9. The molecule has 4 rings (SSSR count). The molecule has 1 fully saturated rings. The Morgan fingerprint density at radius 1 is 1.26 bits per heavy atom. The predicted molar refractivity (Wildman–Crippen MR) is 96.3 cm³/mol. The Bertz CT molecular complexity index is 1110. The predicted octanol–water partition coefficient (Wildman–Crippen LogP) is 2.74. The number of carbonyl (C=O) groups excluding carboxylic acids is 1. The highest BCUT2D eigenvalue weighted by Gasteiger charge is 2.28. The zero-order valence-corrected chi connectivity index (χ0v) is 15.3. The second kappa shape index (κ2) is 6.76. The topological polar surface area (TPSA) is 89.8 Å². The molecule has 7 nitrogen and oxygen atoms in total. The van der Waals surface area contributed by atoms with Crippen LogP contribution in [0.2, 0.25) is 0 Å². The number of carbonyl (C=O) groups is 1. The molecule has 1 amide bonds. The van der Waals surface area contributed by atoms with Crippen LogP contribution in [0, 0.1) is 11.6 Å². The van der Waals surface area contributed by atoms with E-state index in [1.54, 1.807) is 12.1 Å². The highest BCUT2D eigenvalue weighted by molar-refractivity contribution is 9.10. The number of aromatic nitrogens is 4. The van der Waals surface area contributed by atoms with Crippen molar-refractivity contribution in [2.24, 2.45) is 0 Å². The van der Waals surface area contributed by atoms with E-state index in [0.29, 0.717) is 5.56 Å². The summed E-state index contributed by atoms with van der Waals surface area (Å²) >= 11 is 3.19. The van der Waals surface area contributed by atoms with E-state index in [4.69, 9.17) is 0 Å². The third kappa shape index (κ3) is 3.44. The van der Waals surface area contributed by atoms with Crippen LogP contribution in [0.1, 0.15) is 24.3 Å². The van der Waals surface area contributed by atoms with Gasteiger partial charge in [-0.3, -0.25) is 14.9 Å². The molecular formula is C17H12BrF2N5O2. The molecule has 0 atom stereocenters. The number of hydrogen-bond acceptors (Lipinski definition) is 5. The van der Waals surface area contributed by atoms with Gasteiger partial charge in [0.15, 0.2) is 5.82 Å². The maximum atomic E-state index is 14.8. The molecule has 2 heterocycles. The van der Waals surface area contributed by atoms with Crippen LogP contribution in [-0.4, -0.2) is 25.7 Å². The Kier molecular flexibility index (Phi) is 4.42. The summed E-state index contributed by atoms with van der Waals surface area (Å²) in [5.74, 6) is -1.64. The molecule has 1 aliphatic rings. The molecule has 0 spiro atoms. The molecule has 2 aromatic heterocycles.